The Morgan fingerprint density at radius 2 is 1.08 bits per heavy atom. The molecule has 0 bridgehead atoms. The van der Waals surface area contributed by atoms with Crippen LogP contribution in [0.5, 0.6) is 11.5 Å². The summed E-state index contributed by atoms with van der Waals surface area (Å²) in [7, 11) is 0. The number of ether oxygens (including phenoxy) is 1. The van der Waals surface area contributed by atoms with Crippen LogP contribution in [0, 0.1) is 0 Å². The molecular formula is C47H60Cl2N6O4. The zero-order valence-electron chi connectivity index (χ0n) is 36.3. The third-order valence-corrected chi connectivity index (χ3v) is 10.7. The van der Waals surface area contributed by atoms with Crippen molar-refractivity contribution in [3.05, 3.63) is 93.0 Å². The zero-order chi connectivity index (χ0) is 43.3. The summed E-state index contributed by atoms with van der Waals surface area (Å²) in [6, 6.07) is 18.5. The molecule has 0 amide bonds. The molecule has 0 fully saturated rings. The lowest BCUT2D eigenvalue weighted by molar-refractivity contribution is -0.143. The maximum atomic E-state index is 12.3. The molecule has 2 aromatic heterocycles. The maximum Gasteiger partial charge on any atom is 0.306 e. The van der Waals surface area contributed by atoms with Gasteiger partial charge in [-0.2, -0.15) is 0 Å². The minimum Gasteiger partial charge on any atom is -0.505 e. The third-order valence-electron chi connectivity index (χ3n) is 10.2. The second-order valence-corrected chi connectivity index (χ2v) is 19.3. The molecule has 0 radical (unpaired) electrons. The number of nitrogens with zero attached hydrogens (tertiary/aromatic N) is 6. The monoisotopic (exact) mass is 842 g/mol. The molecule has 0 spiro atoms. The molecule has 0 aliphatic heterocycles. The van der Waals surface area contributed by atoms with Gasteiger partial charge in [-0.3, -0.25) is 4.79 Å². The van der Waals surface area contributed by atoms with Crippen LogP contribution in [0.1, 0.15) is 136 Å². The Balaban J connectivity index is 0.000000235. The van der Waals surface area contributed by atoms with Crippen LogP contribution < -0.4 is 0 Å². The molecule has 59 heavy (non-hydrogen) atoms. The molecule has 6 aromatic rings. The number of benzene rings is 4. The van der Waals surface area contributed by atoms with Crippen molar-refractivity contribution in [2.45, 2.75) is 137 Å². The van der Waals surface area contributed by atoms with Crippen LogP contribution in [0.15, 0.2) is 60.7 Å². The Morgan fingerprint density at radius 1 is 0.610 bits per heavy atom. The van der Waals surface area contributed by atoms with Crippen molar-refractivity contribution in [2.75, 3.05) is 6.61 Å². The molecule has 10 nitrogen and oxygen atoms in total. The molecule has 2 heterocycles. The largest absolute Gasteiger partial charge is 0.505 e. The van der Waals surface area contributed by atoms with E-state index in [1.54, 1.807) is 30.3 Å². The number of unbranched alkanes of at least 4 members (excludes halogenated alkanes) is 5. The topological polar surface area (TPSA) is 128 Å². The van der Waals surface area contributed by atoms with Crippen molar-refractivity contribution in [3.8, 4) is 22.9 Å². The summed E-state index contributed by atoms with van der Waals surface area (Å²) < 4.78 is 5.43. The van der Waals surface area contributed by atoms with Crippen molar-refractivity contribution >= 4 is 51.2 Å². The highest BCUT2D eigenvalue weighted by atomic mass is 35.5. The van der Waals surface area contributed by atoms with E-state index >= 15 is 0 Å². The zero-order valence-corrected chi connectivity index (χ0v) is 37.8. The number of aromatic hydroxyl groups is 2. The highest BCUT2D eigenvalue weighted by Crippen LogP contribution is 2.40. The average Bonchev–Trinajstić information content (AvgIpc) is 3.76. The summed E-state index contributed by atoms with van der Waals surface area (Å²) in [5, 5.41) is 41.2. The first kappa shape index (κ1) is 45.4. The van der Waals surface area contributed by atoms with E-state index in [1.807, 2.05) is 45.0 Å². The summed E-state index contributed by atoms with van der Waals surface area (Å²) in [5.74, 6) is 0.151. The SMILES string of the molecule is CC(C)(C)c1cc(-n2nc3ccc(Cl)cc3n2)c(O)c(C(C)(C)C)c1.CCCCCCCCOC(=O)CCc1cc(-n2nc3ccc(Cl)cc3n2)c(O)c(C(C)(C)C)c1. The van der Waals surface area contributed by atoms with Crippen molar-refractivity contribution in [1.82, 2.24) is 30.0 Å². The van der Waals surface area contributed by atoms with Crippen molar-refractivity contribution < 1.29 is 19.7 Å². The van der Waals surface area contributed by atoms with Gasteiger partial charge in [0.15, 0.2) is 0 Å². The van der Waals surface area contributed by atoms with Gasteiger partial charge in [-0.25, -0.2) is 0 Å². The first-order valence-corrected chi connectivity index (χ1v) is 21.4. The number of halogens is 2. The molecule has 2 N–H and O–H groups in total. The number of carbonyl (C=O) groups excluding carboxylic acids is 1. The summed E-state index contributed by atoms with van der Waals surface area (Å²) in [6.45, 7) is 21.5. The fourth-order valence-corrected chi connectivity index (χ4v) is 7.03. The second kappa shape index (κ2) is 18.7. The van der Waals surface area contributed by atoms with Gasteiger partial charge in [0.2, 0.25) is 0 Å². The molecule has 12 heteroatoms. The molecule has 0 atom stereocenters. The fraction of sp³-hybridized carbons (Fsp3) is 0.468. The number of hydrogen-bond donors (Lipinski definition) is 2. The predicted octanol–water partition coefficient (Wildman–Crippen LogP) is 12.3. The number of aryl methyl sites for hydroxylation is 1. The minimum atomic E-state index is -0.303. The Bertz CT molecular complexity index is 2400. The summed E-state index contributed by atoms with van der Waals surface area (Å²) in [6.07, 6.45) is 7.74. The molecule has 6 rings (SSSR count). The molecule has 0 aliphatic carbocycles. The van der Waals surface area contributed by atoms with Gasteiger partial charge >= 0.3 is 5.97 Å². The molecule has 316 valence electrons. The second-order valence-electron chi connectivity index (χ2n) is 18.4. The van der Waals surface area contributed by atoms with E-state index in [9.17, 15) is 15.0 Å². The maximum absolute atomic E-state index is 12.3. The lowest BCUT2D eigenvalue weighted by Gasteiger charge is -2.27. The lowest BCUT2D eigenvalue weighted by atomic mass is 9.80. The number of phenols is 2. The first-order valence-electron chi connectivity index (χ1n) is 20.6. The van der Waals surface area contributed by atoms with Gasteiger partial charge in [-0.15, -0.1) is 30.0 Å². The van der Waals surface area contributed by atoms with Gasteiger partial charge in [0.25, 0.3) is 0 Å². The van der Waals surface area contributed by atoms with Gasteiger partial charge in [0, 0.05) is 27.6 Å². The molecule has 4 aromatic carbocycles. The number of fused-ring (bicyclic) bond motifs is 2. The molecule has 0 aliphatic rings. The molecular weight excluding hydrogens is 783 g/mol. The summed E-state index contributed by atoms with van der Waals surface area (Å²) in [5.41, 5.74) is 7.00. The number of aromatic nitrogens is 6. The number of rotatable bonds is 12. The van der Waals surface area contributed by atoms with E-state index in [2.05, 4.69) is 74.9 Å². The van der Waals surface area contributed by atoms with E-state index in [-0.39, 0.29) is 40.1 Å². The van der Waals surface area contributed by atoms with Gasteiger partial charge in [0.1, 0.15) is 44.9 Å². The Morgan fingerprint density at radius 3 is 1.59 bits per heavy atom. The Hall–Kier alpha value is -4.67. The molecule has 0 saturated carbocycles. The summed E-state index contributed by atoms with van der Waals surface area (Å²) >= 11 is 12.1. The third kappa shape index (κ3) is 11.8. The normalized spacial score (nSPS) is 12.2. The number of esters is 1. The van der Waals surface area contributed by atoms with Gasteiger partial charge in [-0.1, -0.05) is 137 Å². The van der Waals surface area contributed by atoms with Gasteiger partial charge in [0.05, 0.1) is 6.61 Å². The van der Waals surface area contributed by atoms with E-state index in [1.165, 1.54) is 35.3 Å². The van der Waals surface area contributed by atoms with Crippen LogP contribution in [0.4, 0.5) is 0 Å². The van der Waals surface area contributed by atoms with E-state index in [0.717, 1.165) is 40.6 Å². The lowest BCUT2D eigenvalue weighted by Crippen LogP contribution is -2.18. The number of phenolic OH excluding ortho intramolecular Hbond substituents is 2. The molecule has 0 unspecified atom stereocenters. The highest BCUT2D eigenvalue weighted by molar-refractivity contribution is 6.31. The van der Waals surface area contributed by atoms with E-state index in [0.29, 0.717) is 51.0 Å². The van der Waals surface area contributed by atoms with Crippen LogP contribution in [0.2, 0.25) is 10.0 Å². The van der Waals surface area contributed by atoms with Crippen LogP contribution in [-0.4, -0.2) is 52.8 Å². The summed E-state index contributed by atoms with van der Waals surface area (Å²) in [4.78, 5) is 15.2. The minimum absolute atomic E-state index is 0.0572. The van der Waals surface area contributed by atoms with Crippen LogP contribution in [-0.2, 0) is 32.2 Å². The van der Waals surface area contributed by atoms with Crippen LogP contribution in [0.25, 0.3) is 33.4 Å². The average molecular weight is 844 g/mol. The van der Waals surface area contributed by atoms with Crippen molar-refractivity contribution in [1.29, 1.82) is 0 Å². The van der Waals surface area contributed by atoms with E-state index < -0.39 is 0 Å². The quantitative estimate of drug-likeness (QED) is 0.0920. The van der Waals surface area contributed by atoms with Gasteiger partial charge in [-0.05, 0) is 88.7 Å². The Labute approximate surface area is 358 Å². The fourth-order valence-electron chi connectivity index (χ4n) is 6.70. The standard InChI is InChI=1S/C27H36ClN3O3.C20H24ClN3O/c1-5-6-7-8-9-10-15-34-25(32)14-11-19-16-21(27(2,3)4)26(33)24(17-19)31-29-22-13-12-20(28)18-23(22)30-31;1-19(2,3)12-9-14(20(4,5)6)18(25)17(10-12)24-22-15-8-7-13(21)11-16(15)23-24/h12-13,16-18,33H,5-11,14-15H2,1-4H3;7-11,25H,1-6H3. The molecule has 0 saturated heterocycles. The predicted molar refractivity (Wildman–Crippen MR) is 240 cm³/mol. The van der Waals surface area contributed by atoms with Crippen molar-refractivity contribution in [3.63, 3.8) is 0 Å². The smallest absolute Gasteiger partial charge is 0.306 e. The van der Waals surface area contributed by atoms with Crippen LogP contribution >= 0.6 is 23.2 Å². The van der Waals surface area contributed by atoms with Gasteiger partial charge < -0.3 is 14.9 Å². The number of hydrogen-bond acceptors (Lipinski definition) is 8. The highest BCUT2D eigenvalue weighted by Gasteiger charge is 2.27. The van der Waals surface area contributed by atoms with E-state index in [4.69, 9.17) is 27.9 Å². The first-order chi connectivity index (χ1) is 27.6. The van der Waals surface area contributed by atoms with Crippen LogP contribution in [0.3, 0.4) is 0 Å². The Kier molecular flexibility index (Phi) is 14.4. The van der Waals surface area contributed by atoms with Crippen molar-refractivity contribution in [2.24, 2.45) is 0 Å². The number of carbonyl (C=O) groups is 1.